The molecule has 0 aliphatic carbocycles. The lowest BCUT2D eigenvalue weighted by molar-refractivity contribution is 0.0452. The third kappa shape index (κ3) is 8.04. The minimum Gasteiger partial charge on any atom is -0.378 e. The monoisotopic (exact) mass is 637 g/mol. The molecule has 0 unspecified atom stereocenters. The largest absolute Gasteiger partial charge is 0.378 e. The molecule has 1 aromatic heterocycles. The summed E-state index contributed by atoms with van der Waals surface area (Å²) in [6, 6.07) is 44.0. The maximum atomic E-state index is 12.5. The second kappa shape index (κ2) is 15.9. The Morgan fingerprint density at radius 1 is 0.479 bits per heavy atom. The average Bonchev–Trinajstić information content (AvgIpc) is 3.12. The van der Waals surface area contributed by atoms with Crippen molar-refractivity contribution in [3.63, 3.8) is 0 Å². The molecule has 0 bridgehead atoms. The highest BCUT2D eigenvalue weighted by Gasteiger charge is 2.41. The van der Waals surface area contributed by atoms with Crippen LogP contribution in [0.15, 0.2) is 150 Å². The predicted molar refractivity (Wildman–Crippen MR) is 198 cm³/mol. The Hall–Kier alpha value is -4.71. The minimum atomic E-state index is -1.33. The van der Waals surface area contributed by atoms with Crippen LogP contribution >= 0.6 is 0 Å². The van der Waals surface area contributed by atoms with E-state index in [1.54, 1.807) is 12.4 Å². The molecule has 0 fully saturated rings. The van der Waals surface area contributed by atoms with Gasteiger partial charge in [-0.15, -0.1) is 0 Å². The zero-order valence-corrected chi connectivity index (χ0v) is 28.4. The van der Waals surface area contributed by atoms with E-state index in [9.17, 15) is 10.2 Å². The van der Waals surface area contributed by atoms with Gasteiger partial charge in [0, 0.05) is 12.4 Å². The van der Waals surface area contributed by atoms with Gasteiger partial charge in [0.05, 0.1) is 23.5 Å². The summed E-state index contributed by atoms with van der Waals surface area (Å²) in [5, 5.41) is 25.0. The van der Waals surface area contributed by atoms with Crippen LogP contribution in [-0.4, -0.2) is 39.7 Å². The fourth-order valence-electron chi connectivity index (χ4n) is 6.39. The number of pyridine rings is 1. The Bertz CT molecular complexity index is 1550. The van der Waals surface area contributed by atoms with Gasteiger partial charge >= 0.3 is 0 Å². The summed E-state index contributed by atoms with van der Waals surface area (Å²) in [5.74, 6) is 0.590. The number of aliphatic imine (C=N–C) groups is 2. The second-order valence-electron chi connectivity index (χ2n) is 13.3. The molecule has 0 radical (unpaired) electrons. The Kier molecular flexibility index (Phi) is 11.5. The number of rotatable bonds is 14. The van der Waals surface area contributed by atoms with E-state index in [1.807, 2.05) is 140 Å². The van der Waals surface area contributed by atoms with E-state index in [-0.39, 0.29) is 0 Å². The molecule has 0 aliphatic rings. The van der Waals surface area contributed by atoms with Crippen molar-refractivity contribution in [1.29, 1.82) is 0 Å². The van der Waals surface area contributed by atoms with Crippen molar-refractivity contribution in [3.05, 3.63) is 173 Å². The first-order valence-electron chi connectivity index (χ1n) is 16.9. The Morgan fingerprint density at radius 3 is 1.04 bits per heavy atom. The molecule has 5 rings (SSSR count). The molecule has 0 aliphatic heterocycles. The van der Waals surface area contributed by atoms with Crippen LogP contribution in [0.3, 0.4) is 0 Å². The van der Waals surface area contributed by atoms with Crippen molar-refractivity contribution in [2.45, 2.75) is 63.8 Å². The molecule has 0 saturated carbocycles. The van der Waals surface area contributed by atoms with Crippen LogP contribution in [0.2, 0.25) is 0 Å². The first kappa shape index (κ1) is 34.6. The molecule has 2 N–H and O–H groups in total. The molecule has 1 heterocycles. The van der Waals surface area contributed by atoms with Gasteiger partial charge in [0.25, 0.3) is 0 Å². The molecule has 5 heteroatoms. The zero-order chi connectivity index (χ0) is 34.0. The highest BCUT2D eigenvalue weighted by atomic mass is 16.3. The Balaban J connectivity index is 1.50. The highest BCUT2D eigenvalue weighted by Crippen LogP contribution is 2.39. The van der Waals surface area contributed by atoms with Crippen LogP contribution in [0.4, 0.5) is 0 Å². The fourth-order valence-corrected chi connectivity index (χ4v) is 6.39. The lowest BCUT2D eigenvalue weighted by atomic mass is 9.77. The minimum absolute atomic E-state index is 0.295. The molecule has 4 aromatic carbocycles. The topological polar surface area (TPSA) is 78.1 Å². The van der Waals surface area contributed by atoms with Crippen molar-refractivity contribution in [1.82, 2.24) is 4.98 Å². The molecular weight excluding hydrogens is 590 g/mol. The maximum absolute atomic E-state index is 12.5. The van der Waals surface area contributed by atoms with Gasteiger partial charge in [-0.2, -0.15) is 0 Å². The van der Waals surface area contributed by atoms with E-state index in [4.69, 9.17) is 15.0 Å². The molecule has 0 spiro atoms. The van der Waals surface area contributed by atoms with Gasteiger partial charge in [-0.05, 0) is 59.1 Å². The summed E-state index contributed by atoms with van der Waals surface area (Å²) in [6.07, 6.45) is 4.87. The summed E-state index contributed by atoms with van der Waals surface area (Å²) in [4.78, 5) is 14.9. The first-order valence-corrected chi connectivity index (χ1v) is 16.9. The number of aromatic nitrogens is 1. The zero-order valence-electron chi connectivity index (χ0n) is 28.4. The van der Waals surface area contributed by atoms with Crippen LogP contribution in [0.25, 0.3) is 0 Å². The van der Waals surface area contributed by atoms with Gasteiger partial charge in [0.15, 0.2) is 0 Å². The van der Waals surface area contributed by atoms with Crippen LogP contribution in [-0.2, 0) is 11.2 Å². The number of hydrogen-bond donors (Lipinski definition) is 2. The van der Waals surface area contributed by atoms with Gasteiger partial charge < -0.3 is 10.2 Å². The Labute approximate surface area is 285 Å². The summed E-state index contributed by atoms with van der Waals surface area (Å²) in [5.41, 5.74) is 1.87. The lowest BCUT2D eigenvalue weighted by Crippen LogP contribution is -2.40. The third-order valence-corrected chi connectivity index (χ3v) is 8.78. The van der Waals surface area contributed by atoms with E-state index in [0.29, 0.717) is 36.1 Å². The summed E-state index contributed by atoms with van der Waals surface area (Å²) >= 11 is 0. The van der Waals surface area contributed by atoms with Gasteiger partial charge in [0.1, 0.15) is 11.2 Å². The average molecular weight is 638 g/mol. The Morgan fingerprint density at radius 2 is 0.771 bits per heavy atom. The molecule has 0 saturated heterocycles. The summed E-state index contributed by atoms with van der Waals surface area (Å²) in [6.45, 7) is 8.59. The van der Waals surface area contributed by atoms with Crippen molar-refractivity contribution in [2.24, 2.45) is 21.8 Å². The van der Waals surface area contributed by atoms with E-state index in [1.165, 1.54) is 0 Å². The van der Waals surface area contributed by atoms with Crippen LogP contribution in [0, 0.1) is 11.8 Å². The van der Waals surface area contributed by atoms with Crippen LogP contribution in [0.5, 0.6) is 0 Å². The first-order chi connectivity index (χ1) is 23.2. The number of aliphatic hydroxyl groups is 2. The molecule has 0 amide bonds. The normalized spacial score (nSPS) is 13.8. The molecule has 2 atom stereocenters. The number of nitrogens with zero attached hydrogens (tertiary/aromatic N) is 3. The number of hydrogen-bond acceptors (Lipinski definition) is 5. The van der Waals surface area contributed by atoms with E-state index < -0.39 is 23.3 Å². The molecule has 5 aromatic rings. The van der Waals surface area contributed by atoms with Crippen LogP contribution < -0.4 is 0 Å². The quantitative estimate of drug-likeness (QED) is 0.120. The van der Waals surface area contributed by atoms with Crippen LogP contribution in [0.1, 0.15) is 74.2 Å². The maximum Gasteiger partial charge on any atom is 0.137 e. The van der Waals surface area contributed by atoms with Crippen molar-refractivity contribution in [2.75, 3.05) is 0 Å². The van der Waals surface area contributed by atoms with Gasteiger partial charge in [-0.25, -0.2) is 4.98 Å². The number of benzene rings is 4. The fraction of sp³-hybridized carbons (Fsp3) is 0.279. The summed E-state index contributed by atoms with van der Waals surface area (Å²) < 4.78 is 0. The highest BCUT2D eigenvalue weighted by molar-refractivity contribution is 5.82. The second-order valence-corrected chi connectivity index (χ2v) is 13.3. The summed E-state index contributed by atoms with van der Waals surface area (Å²) in [7, 11) is 0. The SMILES string of the molecule is CC(C)C[C@H](N=Cc1cccc(C=N[C@@H](CC(C)C)C(O)(c2ccccc2)c2ccccc2)n1)C(O)(c1ccccc1)c1ccccc1. The predicted octanol–water partition coefficient (Wildman–Crippen LogP) is 8.62. The van der Waals surface area contributed by atoms with Crippen molar-refractivity contribution in [3.8, 4) is 0 Å². The van der Waals surface area contributed by atoms with E-state index in [0.717, 1.165) is 22.3 Å². The van der Waals surface area contributed by atoms with Gasteiger partial charge in [-0.1, -0.05) is 155 Å². The van der Waals surface area contributed by atoms with E-state index in [2.05, 4.69) is 27.7 Å². The van der Waals surface area contributed by atoms with Crippen molar-refractivity contribution >= 4 is 12.4 Å². The standard InChI is InChI=1S/C43H47N3O2/c1-32(2)28-40(42(47,34-18-9-5-10-19-34)35-20-11-6-12-21-35)44-30-38-26-17-27-39(46-38)31-45-41(29-33(3)4)43(48,36-22-13-7-14-23-36)37-24-15-8-16-25-37/h5-27,30-33,40-41,47-48H,28-29H2,1-4H3/t40-,41-/m0/s1. The van der Waals surface area contributed by atoms with Gasteiger partial charge in [0.2, 0.25) is 0 Å². The van der Waals surface area contributed by atoms with E-state index >= 15 is 0 Å². The van der Waals surface area contributed by atoms with Gasteiger partial charge in [-0.3, -0.25) is 9.98 Å². The molecular formula is C43H47N3O2. The smallest absolute Gasteiger partial charge is 0.137 e. The lowest BCUT2D eigenvalue weighted by Gasteiger charge is -2.36. The molecule has 246 valence electrons. The van der Waals surface area contributed by atoms with Crippen molar-refractivity contribution < 1.29 is 10.2 Å². The molecule has 5 nitrogen and oxygen atoms in total. The molecule has 48 heavy (non-hydrogen) atoms. The third-order valence-electron chi connectivity index (χ3n) is 8.78.